The van der Waals surface area contributed by atoms with Crippen molar-refractivity contribution in [2.75, 3.05) is 7.11 Å². The minimum absolute atomic E-state index is 0.245. The molecule has 0 atom stereocenters. The second-order valence-electron chi connectivity index (χ2n) is 8.40. The zero-order chi connectivity index (χ0) is 27.2. The molecule has 4 aromatic carbocycles. The minimum Gasteiger partial charge on any atom is -0.493 e. The number of ether oxygens (including phenoxy) is 2. The van der Waals surface area contributed by atoms with Gasteiger partial charge in [-0.15, -0.1) is 0 Å². The molecule has 0 saturated carbocycles. The Kier molecular flexibility index (Phi) is 7.61. The first-order chi connectivity index (χ1) is 19.0. The molecule has 8 heteroatoms. The van der Waals surface area contributed by atoms with Crippen molar-refractivity contribution in [2.45, 2.75) is 0 Å². The molecule has 1 aromatic heterocycles. The van der Waals surface area contributed by atoms with Crippen molar-refractivity contribution in [2.24, 2.45) is 5.10 Å². The van der Waals surface area contributed by atoms with Crippen LogP contribution >= 0.6 is 11.6 Å². The SMILES string of the molecule is COc1cc(C=Nn2c(-c3ccccc3)nc3ccccc3c2=O)ccc1OC(=O)/C=C/c1ccc(Cl)cc1. The summed E-state index contributed by atoms with van der Waals surface area (Å²) in [4.78, 5) is 30.4. The molecule has 192 valence electrons. The number of methoxy groups -OCH3 is 1. The number of rotatable bonds is 7. The number of halogens is 1. The van der Waals surface area contributed by atoms with Gasteiger partial charge in [-0.2, -0.15) is 9.78 Å². The Morgan fingerprint density at radius 3 is 2.38 bits per heavy atom. The summed E-state index contributed by atoms with van der Waals surface area (Å²) in [5.41, 5.74) is 2.49. The normalized spacial score (nSPS) is 11.3. The van der Waals surface area contributed by atoms with E-state index in [2.05, 4.69) is 5.10 Å². The molecule has 0 aliphatic rings. The van der Waals surface area contributed by atoms with E-state index in [1.807, 2.05) is 36.4 Å². The molecule has 0 saturated heterocycles. The summed E-state index contributed by atoms with van der Waals surface area (Å²) in [5.74, 6) is 0.431. The molecule has 0 aliphatic carbocycles. The van der Waals surface area contributed by atoms with Crippen molar-refractivity contribution in [3.63, 3.8) is 0 Å². The molecule has 1 heterocycles. The first kappa shape index (κ1) is 25.6. The summed E-state index contributed by atoms with van der Waals surface area (Å²) >= 11 is 5.89. The number of aromatic nitrogens is 2. The number of fused-ring (bicyclic) bond motifs is 1. The maximum absolute atomic E-state index is 13.3. The van der Waals surface area contributed by atoms with E-state index in [0.717, 1.165) is 11.1 Å². The highest BCUT2D eigenvalue weighted by Gasteiger charge is 2.13. The van der Waals surface area contributed by atoms with E-state index in [-0.39, 0.29) is 11.3 Å². The first-order valence-electron chi connectivity index (χ1n) is 12.0. The summed E-state index contributed by atoms with van der Waals surface area (Å²) in [5, 5.41) is 5.54. The summed E-state index contributed by atoms with van der Waals surface area (Å²) in [6.45, 7) is 0. The second-order valence-corrected chi connectivity index (χ2v) is 8.83. The Morgan fingerprint density at radius 2 is 1.62 bits per heavy atom. The van der Waals surface area contributed by atoms with Crippen LogP contribution in [0.15, 0.2) is 113 Å². The van der Waals surface area contributed by atoms with Gasteiger partial charge in [-0.1, -0.05) is 66.2 Å². The topological polar surface area (TPSA) is 82.8 Å². The standard InChI is InChI=1S/C31H22ClN3O4/c1-38-28-19-22(13-17-27(28)39-29(36)18-14-21-11-15-24(32)16-12-21)20-33-35-30(23-7-3-2-4-8-23)34-26-10-6-5-9-25(26)31(35)37/h2-20H,1H3/b18-14+,33-20?. The molecule has 5 rings (SSSR count). The quantitative estimate of drug-likeness (QED) is 0.107. The monoisotopic (exact) mass is 535 g/mol. The van der Waals surface area contributed by atoms with Gasteiger partial charge in [-0.25, -0.2) is 9.78 Å². The zero-order valence-corrected chi connectivity index (χ0v) is 21.6. The lowest BCUT2D eigenvalue weighted by Crippen LogP contribution is -2.20. The Morgan fingerprint density at radius 1 is 0.897 bits per heavy atom. The molecule has 5 aromatic rings. The minimum atomic E-state index is -0.564. The van der Waals surface area contributed by atoms with Crippen LogP contribution in [0.4, 0.5) is 0 Å². The molecule has 0 radical (unpaired) electrons. The van der Waals surface area contributed by atoms with Gasteiger partial charge < -0.3 is 9.47 Å². The van der Waals surface area contributed by atoms with E-state index in [0.29, 0.717) is 33.1 Å². The van der Waals surface area contributed by atoms with Crippen LogP contribution < -0.4 is 15.0 Å². The fraction of sp³-hybridized carbons (Fsp3) is 0.0323. The molecule has 0 aliphatic heterocycles. The van der Waals surface area contributed by atoms with E-state index in [1.54, 1.807) is 66.7 Å². The number of hydrogen-bond acceptors (Lipinski definition) is 6. The van der Waals surface area contributed by atoms with Gasteiger partial charge in [0.25, 0.3) is 5.56 Å². The number of nitrogens with zero attached hydrogens (tertiary/aromatic N) is 3. The summed E-state index contributed by atoms with van der Waals surface area (Å²) in [6, 6.07) is 28.6. The Bertz CT molecular complexity index is 1760. The van der Waals surface area contributed by atoms with E-state index in [1.165, 1.54) is 24.1 Å². The fourth-order valence-corrected chi connectivity index (χ4v) is 3.98. The number of para-hydroxylation sites is 1. The molecular formula is C31H22ClN3O4. The van der Waals surface area contributed by atoms with Crippen LogP contribution in [-0.2, 0) is 4.79 Å². The van der Waals surface area contributed by atoms with Crippen LogP contribution in [0.2, 0.25) is 5.02 Å². The summed E-state index contributed by atoms with van der Waals surface area (Å²) in [6.07, 6.45) is 4.48. The number of esters is 1. The van der Waals surface area contributed by atoms with Crippen molar-refractivity contribution >= 4 is 40.8 Å². The lowest BCUT2D eigenvalue weighted by molar-refractivity contribution is -0.129. The largest absolute Gasteiger partial charge is 0.493 e. The van der Waals surface area contributed by atoms with E-state index >= 15 is 0 Å². The third kappa shape index (κ3) is 5.95. The maximum Gasteiger partial charge on any atom is 0.336 e. The van der Waals surface area contributed by atoms with Gasteiger partial charge in [0.15, 0.2) is 17.3 Å². The van der Waals surface area contributed by atoms with Crippen molar-refractivity contribution in [3.8, 4) is 22.9 Å². The van der Waals surface area contributed by atoms with Crippen LogP contribution in [0.3, 0.4) is 0 Å². The molecule has 39 heavy (non-hydrogen) atoms. The van der Waals surface area contributed by atoms with E-state index in [4.69, 9.17) is 26.1 Å². The number of carbonyl (C=O) groups excluding carboxylic acids is 1. The number of carbonyl (C=O) groups is 1. The van der Waals surface area contributed by atoms with Gasteiger partial charge in [-0.05, 0) is 59.7 Å². The third-order valence-electron chi connectivity index (χ3n) is 5.79. The highest BCUT2D eigenvalue weighted by atomic mass is 35.5. The predicted molar refractivity (Wildman–Crippen MR) is 154 cm³/mol. The smallest absolute Gasteiger partial charge is 0.336 e. The lowest BCUT2D eigenvalue weighted by atomic mass is 10.2. The van der Waals surface area contributed by atoms with Crippen LogP contribution in [0, 0.1) is 0 Å². The molecule has 0 spiro atoms. The van der Waals surface area contributed by atoms with E-state index < -0.39 is 5.97 Å². The van der Waals surface area contributed by atoms with Gasteiger partial charge in [0.2, 0.25) is 0 Å². The Labute approximate surface area is 229 Å². The summed E-state index contributed by atoms with van der Waals surface area (Å²) < 4.78 is 12.2. The second kappa shape index (κ2) is 11.6. The van der Waals surface area contributed by atoms with Gasteiger partial charge in [0.1, 0.15) is 0 Å². The highest BCUT2D eigenvalue weighted by Crippen LogP contribution is 2.28. The fourth-order valence-electron chi connectivity index (χ4n) is 3.86. The Balaban J connectivity index is 1.42. The average Bonchev–Trinajstić information content (AvgIpc) is 2.97. The predicted octanol–water partition coefficient (Wildman–Crippen LogP) is 6.23. The number of benzene rings is 4. The van der Waals surface area contributed by atoms with Crippen LogP contribution in [0.1, 0.15) is 11.1 Å². The lowest BCUT2D eigenvalue weighted by Gasteiger charge is -2.10. The molecule has 0 unspecified atom stereocenters. The van der Waals surface area contributed by atoms with Crippen molar-refractivity contribution < 1.29 is 14.3 Å². The molecule has 7 nitrogen and oxygen atoms in total. The zero-order valence-electron chi connectivity index (χ0n) is 20.8. The summed E-state index contributed by atoms with van der Waals surface area (Å²) in [7, 11) is 1.47. The first-order valence-corrected chi connectivity index (χ1v) is 12.3. The number of hydrogen-bond donors (Lipinski definition) is 0. The third-order valence-corrected chi connectivity index (χ3v) is 6.04. The van der Waals surface area contributed by atoms with Crippen molar-refractivity contribution in [3.05, 3.63) is 130 Å². The molecule has 0 N–H and O–H groups in total. The van der Waals surface area contributed by atoms with Gasteiger partial charge in [0, 0.05) is 16.7 Å². The van der Waals surface area contributed by atoms with Gasteiger partial charge in [-0.3, -0.25) is 4.79 Å². The molecule has 0 bridgehead atoms. The maximum atomic E-state index is 13.3. The average molecular weight is 536 g/mol. The van der Waals surface area contributed by atoms with Gasteiger partial charge in [0.05, 0.1) is 24.2 Å². The Hall–Kier alpha value is -5.01. The van der Waals surface area contributed by atoms with E-state index in [9.17, 15) is 9.59 Å². The molecular weight excluding hydrogens is 514 g/mol. The van der Waals surface area contributed by atoms with Crippen LogP contribution in [0.5, 0.6) is 11.5 Å². The van der Waals surface area contributed by atoms with Crippen molar-refractivity contribution in [1.82, 2.24) is 9.66 Å². The van der Waals surface area contributed by atoms with Crippen LogP contribution in [-0.4, -0.2) is 29.0 Å². The van der Waals surface area contributed by atoms with Crippen molar-refractivity contribution in [1.29, 1.82) is 0 Å². The highest BCUT2D eigenvalue weighted by molar-refractivity contribution is 6.30. The van der Waals surface area contributed by atoms with Gasteiger partial charge >= 0.3 is 5.97 Å². The molecule has 0 fully saturated rings. The van der Waals surface area contributed by atoms with Crippen LogP contribution in [0.25, 0.3) is 28.4 Å². The molecule has 0 amide bonds.